The summed E-state index contributed by atoms with van der Waals surface area (Å²) in [5.74, 6) is 8.99. The van der Waals surface area contributed by atoms with Crippen molar-refractivity contribution >= 4 is 0 Å². The molecular weight excluding hydrogens is 300 g/mol. The van der Waals surface area contributed by atoms with Crippen molar-refractivity contribution in [2.45, 2.75) is 20.3 Å². The first kappa shape index (κ1) is 15.0. The molecule has 24 heavy (non-hydrogen) atoms. The van der Waals surface area contributed by atoms with Gasteiger partial charge in [0.2, 0.25) is 0 Å². The van der Waals surface area contributed by atoms with E-state index >= 15 is 0 Å². The second-order valence-corrected chi connectivity index (χ2v) is 7.07. The predicted octanol–water partition coefficient (Wildman–Crippen LogP) is 3.82. The summed E-state index contributed by atoms with van der Waals surface area (Å²) in [6.45, 7) is 6.34. The fourth-order valence-corrected chi connectivity index (χ4v) is 2.81. The summed E-state index contributed by atoms with van der Waals surface area (Å²) in [7, 11) is 0. The van der Waals surface area contributed by atoms with Crippen LogP contribution in [0, 0.1) is 17.3 Å². The summed E-state index contributed by atoms with van der Waals surface area (Å²) in [4.78, 5) is 0. The minimum atomic E-state index is 0.0113. The van der Waals surface area contributed by atoms with Gasteiger partial charge in [0.25, 0.3) is 0 Å². The van der Waals surface area contributed by atoms with E-state index in [1.54, 1.807) is 0 Å². The van der Waals surface area contributed by atoms with Crippen molar-refractivity contribution < 1.29 is 14.2 Å². The van der Waals surface area contributed by atoms with E-state index < -0.39 is 0 Å². The standard InChI is InChI=1S/C21H20O3/c1-21(2)13-23-19-8-6-16(12-20(19)24-14-21)4-3-15-5-7-18-17(11-15)9-10-22-18/h5-8,11-12H,9-10,13-14H2,1-2H3. The zero-order chi connectivity index (χ0) is 16.6. The van der Waals surface area contributed by atoms with Crippen molar-refractivity contribution in [2.75, 3.05) is 19.8 Å². The van der Waals surface area contributed by atoms with Crippen LogP contribution in [-0.4, -0.2) is 19.8 Å². The van der Waals surface area contributed by atoms with E-state index in [1.807, 2.05) is 30.3 Å². The Labute approximate surface area is 142 Å². The molecule has 2 aliphatic rings. The fourth-order valence-electron chi connectivity index (χ4n) is 2.81. The number of rotatable bonds is 0. The highest BCUT2D eigenvalue weighted by atomic mass is 16.5. The van der Waals surface area contributed by atoms with Gasteiger partial charge in [0.1, 0.15) is 5.75 Å². The van der Waals surface area contributed by atoms with Crippen LogP contribution >= 0.6 is 0 Å². The average molecular weight is 320 g/mol. The Hall–Kier alpha value is -2.60. The molecule has 0 atom stereocenters. The molecule has 0 amide bonds. The first-order chi connectivity index (χ1) is 11.6. The van der Waals surface area contributed by atoms with Crippen molar-refractivity contribution in [1.29, 1.82) is 0 Å². The number of hydrogen-bond acceptors (Lipinski definition) is 3. The molecule has 2 aromatic carbocycles. The molecule has 2 aromatic rings. The Morgan fingerprint density at radius 3 is 2.25 bits per heavy atom. The lowest BCUT2D eigenvalue weighted by Crippen LogP contribution is -2.26. The highest BCUT2D eigenvalue weighted by molar-refractivity contribution is 5.52. The lowest BCUT2D eigenvalue weighted by Gasteiger charge is -2.19. The monoisotopic (exact) mass is 320 g/mol. The maximum absolute atomic E-state index is 5.91. The van der Waals surface area contributed by atoms with E-state index in [1.165, 1.54) is 5.56 Å². The predicted molar refractivity (Wildman–Crippen MR) is 92.8 cm³/mol. The van der Waals surface area contributed by atoms with Crippen molar-refractivity contribution in [2.24, 2.45) is 5.41 Å². The van der Waals surface area contributed by atoms with Gasteiger partial charge in [-0.1, -0.05) is 25.7 Å². The number of hydrogen-bond donors (Lipinski definition) is 0. The highest BCUT2D eigenvalue weighted by Crippen LogP contribution is 2.34. The molecule has 3 heteroatoms. The topological polar surface area (TPSA) is 27.7 Å². The quantitative estimate of drug-likeness (QED) is 0.691. The van der Waals surface area contributed by atoms with E-state index in [2.05, 4.69) is 31.8 Å². The number of ether oxygens (including phenoxy) is 3. The average Bonchev–Trinajstić information content (AvgIpc) is 2.98. The van der Waals surface area contributed by atoms with E-state index in [0.29, 0.717) is 13.2 Å². The third-order valence-corrected chi connectivity index (χ3v) is 4.22. The maximum Gasteiger partial charge on any atom is 0.162 e. The lowest BCUT2D eigenvalue weighted by atomic mass is 9.97. The summed E-state index contributed by atoms with van der Waals surface area (Å²) in [6, 6.07) is 12.0. The molecule has 2 heterocycles. The first-order valence-electron chi connectivity index (χ1n) is 8.27. The minimum absolute atomic E-state index is 0.0113. The highest BCUT2D eigenvalue weighted by Gasteiger charge is 2.25. The number of benzene rings is 2. The minimum Gasteiger partial charge on any atom is -0.493 e. The van der Waals surface area contributed by atoms with E-state index in [0.717, 1.165) is 41.4 Å². The molecule has 4 rings (SSSR count). The molecule has 0 bridgehead atoms. The summed E-state index contributed by atoms with van der Waals surface area (Å²) in [5, 5.41) is 0. The van der Waals surface area contributed by atoms with Gasteiger partial charge in [0.15, 0.2) is 11.5 Å². The van der Waals surface area contributed by atoms with Crippen LogP contribution in [0.25, 0.3) is 0 Å². The van der Waals surface area contributed by atoms with Crippen LogP contribution in [0.1, 0.15) is 30.5 Å². The van der Waals surface area contributed by atoms with Crippen LogP contribution in [0.15, 0.2) is 36.4 Å². The van der Waals surface area contributed by atoms with Gasteiger partial charge in [0.05, 0.1) is 19.8 Å². The molecule has 122 valence electrons. The molecule has 0 fully saturated rings. The second kappa shape index (κ2) is 5.79. The van der Waals surface area contributed by atoms with Gasteiger partial charge in [0, 0.05) is 23.0 Å². The van der Waals surface area contributed by atoms with E-state index in [4.69, 9.17) is 14.2 Å². The molecular formula is C21H20O3. The van der Waals surface area contributed by atoms with Gasteiger partial charge in [-0.15, -0.1) is 0 Å². The van der Waals surface area contributed by atoms with Gasteiger partial charge < -0.3 is 14.2 Å². The Kier molecular flexibility index (Phi) is 3.61. The Morgan fingerprint density at radius 2 is 1.46 bits per heavy atom. The molecule has 0 radical (unpaired) electrons. The van der Waals surface area contributed by atoms with Gasteiger partial charge in [-0.25, -0.2) is 0 Å². The van der Waals surface area contributed by atoms with Crippen LogP contribution in [0.3, 0.4) is 0 Å². The normalized spacial score (nSPS) is 17.1. The van der Waals surface area contributed by atoms with Crippen molar-refractivity contribution in [3.8, 4) is 29.1 Å². The lowest BCUT2D eigenvalue weighted by molar-refractivity contribution is 0.140. The van der Waals surface area contributed by atoms with Gasteiger partial charge in [-0.05, 0) is 42.0 Å². The Bertz CT molecular complexity index is 840. The molecule has 0 N–H and O–H groups in total. The van der Waals surface area contributed by atoms with Crippen molar-refractivity contribution in [3.05, 3.63) is 53.1 Å². The smallest absolute Gasteiger partial charge is 0.162 e. The van der Waals surface area contributed by atoms with E-state index in [9.17, 15) is 0 Å². The molecule has 0 saturated heterocycles. The summed E-state index contributed by atoms with van der Waals surface area (Å²) >= 11 is 0. The molecule has 0 aromatic heterocycles. The number of fused-ring (bicyclic) bond motifs is 2. The van der Waals surface area contributed by atoms with Gasteiger partial charge in [-0.2, -0.15) is 0 Å². The summed E-state index contributed by atoms with van der Waals surface area (Å²) in [5.41, 5.74) is 3.18. The van der Waals surface area contributed by atoms with Gasteiger partial charge >= 0.3 is 0 Å². The largest absolute Gasteiger partial charge is 0.493 e. The molecule has 0 aliphatic carbocycles. The SMILES string of the molecule is CC1(C)COc2ccc(C#Cc3ccc4c(c3)CCO4)cc2OC1. The Balaban J connectivity index is 1.58. The molecule has 0 unspecified atom stereocenters. The molecule has 0 spiro atoms. The maximum atomic E-state index is 5.91. The third-order valence-electron chi connectivity index (χ3n) is 4.22. The van der Waals surface area contributed by atoms with Crippen LogP contribution in [-0.2, 0) is 6.42 Å². The van der Waals surface area contributed by atoms with Crippen LogP contribution in [0.2, 0.25) is 0 Å². The summed E-state index contributed by atoms with van der Waals surface area (Å²) < 4.78 is 17.3. The molecule has 2 aliphatic heterocycles. The first-order valence-corrected chi connectivity index (χ1v) is 8.27. The Morgan fingerprint density at radius 1 is 0.792 bits per heavy atom. The van der Waals surface area contributed by atoms with Crippen LogP contribution in [0.5, 0.6) is 17.2 Å². The second-order valence-electron chi connectivity index (χ2n) is 7.07. The fraction of sp³-hybridized carbons (Fsp3) is 0.333. The van der Waals surface area contributed by atoms with Crippen molar-refractivity contribution in [3.63, 3.8) is 0 Å². The molecule has 3 nitrogen and oxygen atoms in total. The van der Waals surface area contributed by atoms with E-state index in [-0.39, 0.29) is 5.41 Å². The zero-order valence-electron chi connectivity index (χ0n) is 14.0. The molecule has 0 saturated carbocycles. The van der Waals surface area contributed by atoms with Crippen LogP contribution in [0.4, 0.5) is 0 Å². The van der Waals surface area contributed by atoms with Crippen molar-refractivity contribution in [1.82, 2.24) is 0 Å². The third kappa shape index (κ3) is 3.05. The zero-order valence-corrected chi connectivity index (χ0v) is 14.0. The van der Waals surface area contributed by atoms with Gasteiger partial charge in [-0.3, -0.25) is 0 Å². The van der Waals surface area contributed by atoms with Crippen LogP contribution < -0.4 is 14.2 Å². The summed E-state index contributed by atoms with van der Waals surface area (Å²) in [6.07, 6.45) is 0.963.